The average molecular weight is 467 g/mol. The minimum atomic E-state index is -3.80. The highest BCUT2D eigenvalue weighted by Crippen LogP contribution is 2.32. The van der Waals surface area contributed by atoms with Gasteiger partial charge in [0.2, 0.25) is 0 Å². The number of hydrogen-bond acceptors (Lipinski definition) is 7. The van der Waals surface area contributed by atoms with Crippen molar-refractivity contribution >= 4 is 28.0 Å². The molecule has 3 aromatic carbocycles. The van der Waals surface area contributed by atoms with Crippen molar-refractivity contribution in [3.05, 3.63) is 89.2 Å². The van der Waals surface area contributed by atoms with Crippen LogP contribution in [0.2, 0.25) is 0 Å². The molecule has 1 aliphatic rings. The molecule has 168 valence electrons. The molecule has 0 N–H and O–H groups in total. The number of para-hydroxylation sites is 1. The molecular formula is C23H18FN3O5S. The lowest BCUT2D eigenvalue weighted by Crippen LogP contribution is -2.21. The summed E-state index contributed by atoms with van der Waals surface area (Å²) in [4.78, 5) is 12.7. The van der Waals surface area contributed by atoms with E-state index in [-0.39, 0.29) is 27.8 Å². The summed E-state index contributed by atoms with van der Waals surface area (Å²) >= 11 is 0. The first-order valence-electron chi connectivity index (χ1n) is 9.67. The Labute approximate surface area is 189 Å². The quantitative estimate of drug-likeness (QED) is 0.247. The van der Waals surface area contributed by atoms with E-state index in [2.05, 4.69) is 9.50 Å². The van der Waals surface area contributed by atoms with Gasteiger partial charge in [-0.25, -0.2) is 14.2 Å². The molecule has 1 aliphatic heterocycles. The Morgan fingerprint density at radius 2 is 1.79 bits per heavy atom. The Kier molecular flexibility index (Phi) is 5.93. The predicted molar refractivity (Wildman–Crippen MR) is 120 cm³/mol. The Morgan fingerprint density at radius 3 is 2.55 bits per heavy atom. The van der Waals surface area contributed by atoms with E-state index in [1.807, 2.05) is 0 Å². The normalized spacial score (nSPS) is 14.0. The fourth-order valence-corrected chi connectivity index (χ4v) is 4.43. The smallest absolute Gasteiger partial charge is 0.346 e. The molecule has 1 heterocycles. The van der Waals surface area contributed by atoms with Gasteiger partial charge >= 0.3 is 5.97 Å². The molecule has 0 spiro atoms. The van der Waals surface area contributed by atoms with Crippen molar-refractivity contribution in [2.24, 2.45) is 9.50 Å². The van der Waals surface area contributed by atoms with Crippen molar-refractivity contribution in [3.8, 4) is 11.5 Å². The number of nitrogens with zero attached hydrogens (tertiary/aromatic N) is 3. The molecule has 0 saturated heterocycles. The number of rotatable bonds is 5. The van der Waals surface area contributed by atoms with Crippen LogP contribution in [0.1, 0.15) is 21.5 Å². The van der Waals surface area contributed by atoms with Crippen molar-refractivity contribution in [2.45, 2.75) is 4.90 Å². The van der Waals surface area contributed by atoms with Crippen LogP contribution >= 0.6 is 0 Å². The number of esters is 1. The number of halogens is 1. The first-order valence-corrected chi connectivity index (χ1v) is 11.1. The zero-order chi connectivity index (χ0) is 23.6. The number of hydrazone groups is 1. The van der Waals surface area contributed by atoms with Crippen LogP contribution in [0, 0.1) is 5.82 Å². The van der Waals surface area contributed by atoms with Crippen LogP contribution in [-0.2, 0) is 10.0 Å². The van der Waals surface area contributed by atoms with Crippen molar-refractivity contribution in [1.82, 2.24) is 5.01 Å². The van der Waals surface area contributed by atoms with E-state index in [9.17, 15) is 17.6 Å². The monoisotopic (exact) mass is 467 g/mol. The third kappa shape index (κ3) is 4.33. The number of benzene rings is 3. The van der Waals surface area contributed by atoms with Crippen molar-refractivity contribution < 1.29 is 27.1 Å². The van der Waals surface area contributed by atoms with Crippen LogP contribution in [0.15, 0.2) is 81.1 Å². The highest BCUT2D eigenvalue weighted by Gasteiger charge is 2.30. The highest BCUT2D eigenvalue weighted by molar-refractivity contribution is 7.90. The SMILES string of the molecule is COc1cccc(C=NN(C)C2=NS(=O)(=O)c3ccccc32)c1OC(=O)c1ccccc1F. The van der Waals surface area contributed by atoms with Gasteiger partial charge in [-0.1, -0.05) is 30.3 Å². The molecule has 0 radical (unpaired) electrons. The fourth-order valence-electron chi connectivity index (χ4n) is 3.20. The third-order valence-electron chi connectivity index (χ3n) is 4.81. The molecule has 0 aromatic heterocycles. The van der Waals surface area contributed by atoms with E-state index in [0.717, 1.165) is 6.07 Å². The van der Waals surface area contributed by atoms with Gasteiger partial charge in [0.15, 0.2) is 17.3 Å². The predicted octanol–water partition coefficient (Wildman–Crippen LogP) is 3.47. The van der Waals surface area contributed by atoms with E-state index in [4.69, 9.17) is 9.47 Å². The molecule has 0 bridgehead atoms. The maximum absolute atomic E-state index is 14.0. The van der Waals surface area contributed by atoms with Crippen LogP contribution in [0.4, 0.5) is 4.39 Å². The number of carbonyl (C=O) groups excluding carboxylic acids is 1. The van der Waals surface area contributed by atoms with Gasteiger partial charge in [-0.3, -0.25) is 0 Å². The molecule has 8 nitrogen and oxygen atoms in total. The van der Waals surface area contributed by atoms with Gasteiger partial charge in [0.1, 0.15) is 10.7 Å². The van der Waals surface area contributed by atoms with Gasteiger partial charge in [-0.05, 0) is 36.4 Å². The molecule has 0 fully saturated rings. The summed E-state index contributed by atoms with van der Waals surface area (Å²) in [6.07, 6.45) is 1.36. The maximum Gasteiger partial charge on any atom is 0.346 e. The first-order chi connectivity index (χ1) is 15.8. The minimum Gasteiger partial charge on any atom is -0.493 e. The lowest BCUT2D eigenvalue weighted by atomic mass is 10.2. The Balaban J connectivity index is 1.65. The van der Waals surface area contributed by atoms with Gasteiger partial charge in [-0.15, -0.1) is 4.40 Å². The topological polar surface area (TPSA) is 97.6 Å². The van der Waals surface area contributed by atoms with E-state index in [0.29, 0.717) is 11.1 Å². The lowest BCUT2D eigenvalue weighted by Gasteiger charge is -2.14. The Hall–Kier alpha value is -4.05. The standard InChI is InChI=1S/C23H18FN3O5S/c1-27(22-17-10-4-6-13-20(17)33(29,30)26-22)25-14-15-8-7-12-19(31-2)21(15)32-23(28)16-9-3-5-11-18(16)24/h3-14H,1-2H3. The summed E-state index contributed by atoms with van der Waals surface area (Å²) in [6, 6.07) is 16.7. The zero-order valence-corrected chi connectivity index (χ0v) is 18.4. The van der Waals surface area contributed by atoms with E-state index in [1.54, 1.807) is 36.4 Å². The van der Waals surface area contributed by atoms with Crippen molar-refractivity contribution in [3.63, 3.8) is 0 Å². The van der Waals surface area contributed by atoms with Gasteiger partial charge in [-0.2, -0.15) is 13.5 Å². The minimum absolute atomic E-state index is 0.0341. The van der Waals surface area contributed by atoms with Crippen LogP contribution < -0.4 is 9.47 Å². The second kappa shape index (κ2) is 8.83. The summed E-state index contributed by atoms with van der Waals surface area (Å²) in [6.45, 7) is 0. The van der Waals surface area contributed by atoms with Crippen LogP contribution in [0.5, 0.6) is 11.5 Å². The van der Waals surface area contributed by atoms with E-state index >= 15 is 0 Å². The fraction of sp³-hybridized carbons (Fsp3) is 0.0870. The molecule has 4 rings (SSSR count). The number of hydrogen-bond donors (Lipinski definition) is 0. The maximum atomic E-state index is 14.0. The van der Waals surface area contributed by atoms with Gasteiger partial charge < -0.3 is 9.47 Å². The number of carbonyl (C=O) groups is 1. The number of ether oxygens (including phenoxy) is 2. The molecule has 0 atom stereocenters. The number of fused-ring (bicyclic) bond motifs is 1. The van der Waals surface area contributed by atoms with Gasteiger partial charge in [0.05, 0.1) is 18.9 Å². The molecule has 0 aliphatic carbocycles. The summed E-state index contributed by atoms with van der Waals surface area (Å²) < 4.78 is 53.1. The zero-order valence-electron chi connectivity index (χ0n) is 17.6. The number of methoxy groups -OCH3 is 1. The lowest BCUT2D eigenvalue weighted by molar-refractivity contribution is 0.0724. The van der Waals surface area contributed by atoms with E-state index < -0.39 is 21.8 Å². The van der Waals surface area contributed by atoms with E-state index in [1.165, 1.54) is 49.6 Å². The summed E-state index contributed by atoms with van der Waals surface area (Å²) in [5.74, 6) is -1.20. The molecule has 3 aromatic rings. The third-order valence-corrected chi connectivity index (χ3v) is 6.13. The van der Waals surface area contributed by atoms with Gasteiger partial charge in [0.25, 0.3) is 10.0 Å². The summed E-state index contributed by atoms with van der Waals surface area (Å²) in [5.41, 5.74) is 0.542. The molecule has 10 heteroatoms. The second-order valence-electron chi connectivity index (χ2n) is 6.90. The van der Waals surface area contributed by atoms with Gasteiger partial charge in [0, 0.05) is 18.2 Å². The van der Waals surface area contributed by atoms with Crippen LogP contribution in [0.3, 0.4) is 0 Å². The number of sulfonamides is 1. The van der Waals surface area contributed by atoms with Crippen molar-refractivity contribution in [1.29, 1.82) is 0 Å². The summed E-state index contributed by atoms with van der Waals surface area (Å²) in [7, 11) is -0.864. The second-order valence-corrected chi connectivity index (χ2v) is 8.47. The average Bonchev–Trinajstić information content (AvgIpc) is 3.09. The Morgan fingerprint density at radius 1 is 1.06 bits per heavy atom. The molecule has 33 heavy (non-hydrogen) atoms. The molecule has 0 unspecified atom stereocenters. The largest absolute Gasteiger partial charge is 0.493 e. The first kappa shape index (κ1) is 22.2. The van der Waals surface area contributed by atoms with Crippen LogP contribution in [0.25, 0.3) is 0 Å². The Bertz CT molecular complexity index is 1400. The highest BCUT2D eigenvalue weighted by atomic mass is 32.2. The number of amidine groups is 1. The molecule has 0 amide bonds. The van der Waals surface area contributed by atoms with Crippen LogP contribution in [-0.4, -0.2) is 45.6 Å². The van der Waals surface area contributed by atoms with Crippen molar-refractivity contribution in [2.75, 3.05) is 14.2 Å². The molecular weight excluding hydrogens is 449 g/mol. The summed E-state index contributed by atoms with van der Waals surface area (Å²) in [5, 5.41) is 5.56. The molecule has 0 saturated carbocycles.